The summed E-state index contributed by atoms with van der Waals surface area (Å²) in [5.74, 6) is -0.724. The van der Waals surface area contributed by atoms with Crippen LogP contribution in [0.15, 0.2) is 97.1 Å². The van der Waals surface area contributed by atoms with E-state index < -0.39 is 11.4 Å². The number of aliphatic carboxylic acids is 1. The number of carbonyl (C=O) groups is 3. The Labute approximate surface area is 249 Å². The van der Waals surface area contributed by atoms with Crippen molar-refractivity contribution in [3.63, 3.8) is 0 Å². The van der Waals surface area contributed by atoms with Crippen molar-refractivity contribution in [2.75, 3.05) is 14.1 Å². The van der Waals surface area contributed by atoms with Crippen LogP contribution in [0.25, 0.3) is 0 Å². The molecule has 1 heterocycles. The molecule has 6 heteroatoms. The highest BCUT2D eigenvalue weighted by Gasteiger charge is 2.41. The maximum atomic E-state index is 13.2. The quantitative estimate of drug-likeness (QED) is 0.210. The fourth-order valence-electron chi connectivity index (χ4n) is 5.18. The van der Waals surface area contributed by atoms with Crippen LogP contribution in [0.3, 0.4) is 0 Å². The van der Waals surface area contributed by atoms with Crippen molar-refractivity contribution in [1.82, 2.24) is 9.47 Å². The minimum atomic E-state index is -0.907. The minimum Gasteiger partial charge on any atom is -0.481 e. The molecule has 0 amide bonds. The molecule has 0 fully saturated rings. The second-order valence-electron chi connectivity index (χ2n) is 11.0. The molecule has 3 aromatic carbocycles. The first-order valence-electron chi connectivity index (χ1n) is 14.3. The van der Waals surface area contributed by atoms with E-state index in [-0.39, 0.29) is 18.0 Å². The van der Waals surface area contributed by atoms with Crippen LogP contribution in [0.2, 0.25) is 0 Å². The van der Waals surface area contributed by atoms with Crippen LogP contribution in [0.5, 0.6) is 0 Å². The highest BCUT2D eigenvalue weighted by Crippen LogP contribution is 2.39. The molecule has 1 atom stereocenters. The Morgan fingerprint density at radius 1 is 0.833 bits per heavy atom. The van der Waals surface area contributed by atoms with Crippen molar-refractivity contribution in [3.05, 3.63) is 131 Å². The number of aryl methyl sites for hydroxylation is 1. The first-order chi connectivity index (χ1) is 20.0. The van der Waals surface area contributed by atoms with Gasteiger partial charge in [-0.1, -0.05) is 97.4 Å². The van der Waals surface area contributed by atoms with Crippen molar-refractivity contribution >= 4 is 17.5 Å². The molecule has 0 aliphatic carbocycles. The summed E-state index contributed by atoms with van der Waals surface area (Å²) >= 11 is 0. The van der Waals surface area contributed by atoms with Gasteiger partial charge in [0.05, 0.1) is 17.5 Å². The number of carboxylic acids is 1. The van der Waals surface area contributed by atoms with Crippen molar-refractivity contribution in [2.45, 2.75) is 51.5 Å². The van der Waals surface area contributed by atoms with Gasteiger partial charge in [0.1, 0.15) is 5.78 Å². The maximum absolute atomic E-state index is 13.2. The number of aromatic nitrogens is 1. The number of nitrogens with zero attached hydrogens (tertiary/aromatic N) is 2. The molecule has 1 aromatic heterocycles. The van der Waals surface area contributed by atoms with Gasteiger partial charge in [0.25, 0.3) is 0 Å². The number of rotatable bonds is 11. The number of Topliss-reactive ketones (excluding diaryl/α,β-unsaturated/α-hetero) is 1. The lowest BCUT2D eigenvalue weighted by Crippen LogP contribution is -2.42. The van der Waals surface area contributed by atoms with Gasteiger partial charge in [-0.15, -0.1) is 0 Å². The summed E-state index contributed by atoms with van der Waals surface area (Å²) < 4.78 is 1.64. The highest BCUT2D eigenvalue weighted by molar-refractivity contribution is 6.08. The van der Waals surface area contributed by atoms with Crippen LogP contribution in [-0.2, 0) is 28.5 Å². The Morgan fingerprint density at radius 3 is 1.81 bits per heavy atom. The third kappa shape index (κ3) is 7.51. The summed E-state index contributed by atoms with van der Waals surface area (Å²) in [6.07, 6.45) is 1.22. The Hall–Kier alpha value is -4.29. The van der Waals surface area contributed by atoms with E-state index in [2.05, 4.69) is 50.2 Å². The number of carboxylic acid groups (broad SMARTS) is 1. The highest BCUT2D eigenvalue weighted by atomic mass is 16.4. The molecular weight excluding hydrogens is 524 g/mol. The van der Waals surface area contributed by atoms with Crippen LogP contribution in [0, 0.1) is 6.92 Å². The van der Waals surface area contributed by atoms with E-state index in [0.717, 1.165) is 23.1 Å². The van der Waals surface area contributed by atoms with Gasteiger partial charge in [-0.3, -0.25) is 14.4 Å². The Kier molecular flexibility index (Phi) is 11.2. The summed E-state index contributed by atoms with van der Waals surface area (Å²) in [4.78, 5) is 38.4. The zero-order chi connectivity index (χ0) is 30.9. The molecule has 4 rings (SSSR count). The normalized spacial score (nSPS) is 11.9. The molecule has 220 valence electrons. The first kappa shape index (κ1) is 32.2. The number of carbonyl (C=O) groups excluding carboxylic acids is 2. The predicted molar refractivity (Wildman–Crippen MR) is 168 cm³/mol. The zero-order valence-corrected chi connectivity index (χ0v) is 25.5. The maximum Gasteiger partial charge on any atom is 0.309 e. The van der Waals surface area contributed by atoms with E-state index in [1.807, 2.05) is 62.4 Å². The predicted octanol–water partition coefficient (Wildman–Crippen LogP) is 6.48. The Balaban J connectivity index is 0.000000235. The number of benzene rings is 3. The molecule has 6 nitrogen and oxygen atoms in total. The third-order valence-corrected chi connectivity index (χ3v) is 7.92. The van der Waals surface area contributed by atoms with Crippen LogP contribution in [-0.4, -0.2) is 52.2 Å². The van der Waals surface area contributed by atoms with Crippen molar-refractivity contribution in [2.24, 2.45) is 7.05 Å². The van der Waals surface area contributed by atoms with Crippen LogP contribution in [0.4, 0.5) is 0 Å². The molecule has 0 radical (unpaired) electrons. The van der Waals surface area contributed by atoms with Crippen LogP contribution in [0.1, 0.15) is 65.1 Å². The van der Waals surface area contributed by atoms with Gasteiger partial charge in [0.15, 0.2) is 0 Å². The van der Waals surface area contributed by atoms with E-state index in [4.69, 9.17) is 5.11 Å². The molecule has 4 aromatic rings. The zero-order valence-electron chi connectivity index (χ0n) is 25.5. The van der Waals surface area contributed by atoms with Crippen molar-refractivity contribution in [3.8, 4) is 0 Å². The van der Waals surface area contributed by atoms with E-state index in [9.17, 15) is 14.4 Å². The summed E-state index contributed by atoms with van der Waals surface area (Å²) in [7, 11) is 5.85. The van der Waals surface area contributed by atoms with Gasteiger partial charge < -0.3 is 14.6 Å². The third-order valence-electron chi connectivity index (χ3n) is 7.92. The number of hydrogen-bond acceptors (Lipinski definition) is 4. The number of hydrogen-bond donors (Lipinski definition) is 1. The Bertz CT molecular complexity index is 1430. The van der Waals surface area contributed by atoms with E-state index in [0.29, 0.717) is 29.4 Å². The molecule has 1 N–H and O–H groups in total. The molecule has 0 spiro atoms. The summed E-state index contributed by atoms with van der Waals surface area (Å²) in [5, 5.41) is 8.79. The standard InChI is InChI=1S/C21H27NO.C15H15NO3/c1-5-20(23)21(16-17(2)22(3)4,18-12-8-6-9-13-18)19-14-10-7-11-15-19;1-10-3-5-11(6-4-10)15(19)13-8-7-12(16(13)2)9-14(17)18/h6-15,17H,5,16H2,1-4H3;3-8H,9H2,1-2H3,(H,17,18). The fourth-order valence-corrected chi connectivity index (χ4v) is 5.18. The van der Waals surface area contributed by atoms with Crippen LogP contribution < -0.4 is 0 Å². The molecule has 0 aliphatic rings. The monoisotopic (exact) mass is 566 g/mol. The molecule has 0 aliphatic heterocycles. The summed E-state index contributed by atoms with van der Waals surface area (Å²) in [6, 6.07) is 31.4. The van der Waals surface area contributed by atoms with Gasteiger partial charge in [-0.05, 0) is 57.6 Å². The lowest BCUT2D eigenvalue weighted by atomic mass is 9.67. The van der Waals surface area contributed by atoms with Crippen LogP contribution >= 0.6 is 0 Å². The Morgan fingerprint density at radius 2 is 1.36 bits per heavy atom. The second-order valence-corrected chi connectivity index (χ2v) is 11.0. The van der Waals surface area contributed by atoms with Crippen molar-refractivity contribution < 1.29 is 19.5 Å². The first-order valence-corrected chi connectivity index (χ1v) is 14.3. The average molecular weight is 567 g/mol. The summed E-state index contributed by atoms with van der Waals surface area (Å²) in [6.45, 7) is 6.11. The molecule has 1 unspecified atom stereocenters. The van der Waals surface area contributed by atoms with Gasteiger partial charge in [0, 0.05) is 30.8 Å². The minimum absolute atomic E-state index is 0.0856. The van der Waals surface area contributed by atoms with Gasteiger partial charge >= 0.3 is 5.97 Å². The van der Waals surface area contributed by atoms with E-state index in [1.165, 1.54) is 0 Å². The van der Waals surface area contributed by atoms with Gasteiger partial charge in [-0.25, -0.2) is 0 Å². The molecule has 0 saturated heterocycles. The molecule has 42 heavy (non-hydrogen) atoms. The molecule has 0 saturated carbocycles. The fraction of sp³-hybridized carbons (Fsp3) is 0.306. The average Bonchev–Trinajstić information content (AvgIpc) is 3.35. The smallest absolute Gasteiger partial charge is 0.309 e. The topological polar surface area (TPSA) is 79.6 Å². The van der Waals surface area contributed by atoms with E-state index in [1.54, 1.807) is 35.9 Å². The van der Waals surface area contributed by atoms with Gasteiger partial charge in [-0.2, -0.15) is 0 Å². The van der Waals surface area contributed by atoms with Crippen molar-refractivity contribution in [1.29, 1.82) is 0 Å². The summed E-state index contributed by atoms with van der Waals surface area (Å²) in [5.41, 5.74) is 4.41. The van der Waals surface area contributed by atoms with Gasteiger partial charge in [0.2, 0.25) is 5.78 Å². The largest absolute Gasteiger partial charge is 0.481 e. The SMILES string of the molecule is CCC(=O)C(CC(C)N(C)C)(c1ccccc1)c1ccccc1.Cc1ccc(C(=O)c2ccc(CC(=O)O)n2C)cc1. The number of ketones is 2. The molecular formula is C36H42N2O4. The van der Waals surface area contributed by atoms with E-state index >= 15 is 0 Å². The lowest BCUT2D eigenvalue weighted by molar-refractivity contribution is -0.136. The second kappa shape index (κ2) is 14.6. The lowest BCUT2D eigenvalue weighted by Gasteiger charge is -2.37. The molecule has 0 bridgehead atoms.